The fourth-order valence-corrected chi connectivity index (χ4v) is 2.83. The average Bonchev–Trinajstić information content (AvgIpc) is 3.36. The summed E-state index contributed by atoms with van der Waals surface area (Å²) in [4.78, 5) is 18.3. The molecule has 0 bridgehead atoms. The molecule has 4 rings (SSSR count). The number of aromatic nitrogens is 2. The molecule has 2 N–H and O–H groups in total. The molecule has 0 unspecified atom stereocenters. The second-order valence-corrected chi connectivity index (χ2v) is 5.75. The molecule has 0 saturated carbocycles. The van der Waals surface area contributed by atoms with Crippen LogP contribution in [0.5, 0.6) is 0 Å². The summed E-state index contributed by atoms with van der Waals surface area (Å²) in [5.41, 5.74) is 2.59. The number of aromatic amines is 1. The Morgan fingerprint density at radius 3 is 2.77 bits per heavy atom. The van der Waals surface area contributed by atoms with Gasteiger partial charge in [-0.1, -0.05) is 18.2 Å². The quantitative estimate of drug-likeness (QED) is 0.535. The highest BCUT2D eigenvalue weighted by molar-refractivity contribution is 5.73. The van der Waals surface area contributed by atoms with Crippen molar-refractivity contribution in [2.45, 2.75) is 6.29 Å². The van der Waals surface area contributed by atoms with Gasteiger partial charge in [-0.2, -0.15) is 0 Å². The molecular weight excluding hydrogens is 336 g/mol. The molecule has 1 fully saturated rings. The minimum Gasteiger partial charge on any atom is -0.350 e. The van der Waals surface area contributed by atoms with Crippen molar-refractivity contribution in [2.24, 2.45) is 0 Å². The van der Waals surface area contributed by atoms with E-state index in [1.807, 2.05) is 24.3 Å². The molecule has 1 aliphatic rings. The van der Waals surface area contributed by atoms with Crippen molar-refractivity contribution >= 4 is 17.1 Å². The second-order valence-electron chi connectivity index (χ2n) is 5.75. The minimum absolute atomic E-state index is 0.0370. The maximum Gasteiger partial charge on any atom is 0.293 e. The van der Waals surface area contributed by atoms with Crippen molar-refractivity contribution in [3.63, 3.8) is 0 Å². The Balaban J connectivity index is 1.63. The zero-order valence-corrected chi connectivity index (χ0v) is 13.7. The average molecular weight is 352 g/mol. The van der Waals surface area contributed by atoms with Crippen LogP contribution in [0.3, 0.4) is 0 Å². The molecule has 0 atom stereocenters. The number of ether oxygens (including phenoxy) is 2. The number of rotatable bonds is 5. The van der Waals surface area contributed by atoms with Crippen molar-refractivity contribution in [3.8, 4) is 11.4 Å². The lowest BCUT2D eigenvalue weighted by atomic mass is 10.1. The SMILES string of the molecule is O=[N+]([O-])c1cc(C2OCCO2)ccc1Nc1cccc(-c2ncc[nH]2)c1. The van der Waals surface area contributed by atoms with Crippen LogP contribution in [-0.2, 0) is 9.47 Å². The van der Waals surface area contributed by atoms with Crippen LogP contribution in [0.25, 0.3) is 11.4 Å². The molecule has 26 heavy (non-hydrogen) atoms. The topological polar surface area (TPSA) is 102 Å². The molecule has 0 spiro atoms. The molecule has 3 aromatic rings. The van der Waals surface area contributed by atoms with Gasteiger partial charge in [0.15, 0.2) is 6.29 Å². The lowest BCUT2D eigenvalue weighted by Gasteiger charge is -2.12. The van der Waals surface area contributed by atoms with Crippen LogP contribution in [0.1, 0.15) is 11.9 Å². The van der Waals surface area contributed by atoms with E-state index >= 15 is 0 Å². The zero-order valence-electron chi connectivity index (χ0n) is 13.7. The molecule has 2 heterocycles. The smallest absolute Gasteiger partial charge is 0.293 e. The Morgan fingerprint density at radius 1 is 1.19 bits per heavy atom. The molecular formula is C18H16N4O4. The molecule has 2 aromatic carbocycles. The standard InChI is InChI=1S/C18H16N4O4/c23-22(24)16-11-13(18-25-8-9-26-18)4-5-15(16)21-14-3-1-2-12(10-14)17-19-6-7-20-17/h1-7,10-11,18,21H,8-9H2,(H,19,20). The summed E-state index contributed by atoms with van der Waals surface area (Å²) >= 11 is 0. The predicted molar refractivity (Wildman–Crippen MR) is 95.0 cm³/mol. The van der Waals surface area contributed by atoms with Crippen LogP contribution >= 0.6 is 0 Å². The Kier molecular flexibility index (Phi) is 4.34. The van der Waals surface area contributed by atoms with Crippen LogP contribution < -0.4 is 5.32 Å². The van der Waals surface area contributed by atoms with E-state index in [2.05, 4.69) is 15.3 Å². The van der Waals surface area contributed by atoms with E-state index in [0.29, 0.717) is 24.5 Å². The number of nitro groups is 1. The molecule has 1 saturated heterocycles. The van der Waals surface area contributed by atoms with Crippen LogP contribution in [0, 0.1) is 10.1 Å². The van der Waals surface area contributed by atoms with Crippen molar-refractivity contribution in [2.75, 3.05) is 18.5 Å². The number of nitro benzene ring substituents is 1. The first kappa shape index (κ1) is 16.2. The number of anilines is 2. The monoisotopic (exact) mass is 352 g/mol. The van der Waals surface area contributed by atoms with E-state index in [1.54, 1.807) is 24.5 Å². The summed E-state index contributed by atoms with van der Waals surface area (Å²) in [6.45, 7) is 0.968. The number of benzene rings is 2. The zero-order chi connectivity index (χ0) is 17.9. The fourth-order valence-electron chi connectivity index (χ4n) is 2.83. The lowest BCUT2D eigenvalue weighted by Crippen LogP contribution is -2.02. The van der Waals surface area contributed by atoms with Crippen LogP contribution in [0.4, 0.5) is 17.1 Å². The number of H-pyrrole nitrogens is 1. The number of nitrogens with zero attached hydrogens (tertiary/aromatic N) is 2. The Labute approximate surface area is 148 Å². The maximum absolute atomic E-state index is 11.5. The van der Waals surface area contributed by atoms with Gasteiger partial charge in [-0.15, -0.1) is 0 Å². The van der Waals surface area contributed by atoms with Gasteiger partial charge in [-0.25, -0.2) is 4.98 Å². The first-order valence-corrected chi connectivity index (χ1v) is 8.09. The molecule has 1 aromatic heterocycles. The van der Waals surface area contributed by atoms with Gasteiger partial charge < -0.3 is 19.8 Å². The number of imidazole rings is 1. The van der Waals surface area contributed by atoms with Gasteiger partial charge in [0.2, 0.25) is 0 Å². The fraction of sp³-hybridized carbons (Fsp3) is 0.167. The van der Waals surface area contributed by atoms with E-state index < -0.39 is 11.2 Å². The Hall–Kier alpha value is -3.23. The number of hydrogen-bond donors (Lipinski definition) is 2. The van der Waals surface area contributed by atoms with Gasteiger partial charge in [0.25, 0.3) is 5.69 Å². The van der Waals surface area contributed by atoms with Gasteiger partial charge in [-0.3, -0.25) is 10.1 Å². The van der Waals surface area contributed by atoms with Gasteiger partial charge in [0.05, 0.1) is 18.1 Å². The molecule has 1 aliphatic heterocycles. The second kappa shape index (κ2) is 6.95. The largest absolute Gasteiger partial charge is 0.350 e. The Morgan fingerprint density at radius 2 is 2.04 bits per heavy atom. The van der Waals surface area contributed by atoms with Crippen molar-refractivity contribution < 1.29 is 14.4 Å². The van der Waals surface area contributed by atoms with E-state index in [-0.39, 0.29) is 5.69 Å². The minimum atomic E-state index is -0.551. The highest BCUT2D eigenvalue weighted by atomic mass is 16.7. The van der Waals surface area contributed by atoms with E-state index in [0.717, 1.165) is 17.1 Å². The highest BCUT2D eigenvalue weighted by Gasteiger charge is 2.23. The molecule has 0 aliphatic carbocycles. The van der Waals surface area contributed by atoms with E-state index in [4.69, 9.17) is 9.47 Å². The highest BCUT2D eigenvalue weighted by Crippen LogP contribution is 2.33. The van der Waals surface area contributed by atoms with Crippen molar-refractivity contribution in [1.82, 2.24) is 9.97 Å². The summed E-state index contributed by atoms with van der Waals surface area (Å²) < 4.78 is 10.8. The molecule has 0 amide bonds. The predicted octanol–water partition coefficient (Wildman–Crippen LogP) is 3.77. The van der Waals surface area contributed by atoms with E-state index in [1.165, 1.54) is 6.07 Å². The first-order chi connectivity index (χ1) is 12.7. The van der Waals surface area contributed by atoms with Gasteiger partial charge in [-0.05, 0) is 18.2 Å². The first-order valence-electron chi connectivity index (χ1n) is 8.09. The third-order valence-corrected chi connectivity index (χ3v) is 4.03. The van der Waals surface area contributed by atoms with Crippen LogP contribution in [0.2, 0.25) is 0 Å². The number of hydrogen-bond acceptors (Lipinski definition) is 6. The van der Waals surface area contributed by atoms with Crippen molar-refractivity contribution in [1.29, 1.82) is 0 Å². The third-order valence-electron chi connectivity index (χ3n) is 4.03. The molecule has 0 radical (unpaired) electrons. The normalized spacial score (nSPS) is 14.5. The van der Waals surface area contributed by atoms with Gasteiger partial charge in [0.1, 0.15) is 11.5 Å². The Bertz CT molecular complexity index is 921. The number of nitrogens with one attached hydrogen (secondary N) is 2. The third kappa shape index (κ3) is 3.28. The summed E-state index contributed by atoms with van der Waals surface area (Å²) in [5.74, 6) is 0.731. The van der Waals surface area contributed by atoms with E-state index in [9.17, 15) is 10.1 Å². The summed E-state index contributed by atoms with van der Waals surface area (Å²) in [6.07, 6.45) is 2.86. The summed E-state index contributed by atoms with van der Waals surface area (Å²) in [5, 5.41) is 14.6. The van der Waals surface area contributed by atoms with Gasteiger partial charge in [0, 0.05) is 35.3 Å². The maximum atomic E-state index is 11.5. The molecule has 8 nitrogen and oxygen atoms in total. The van der Waals surface area contributed by atoms with Gasteiger partial charge >= 0.3 is 0 Å². The van der Waals surface area contributed by atoms with Crippen LogP contribution in [-0.4, -0.2) is 28.1 Å². The lowest BCUT2D eigenvalue weighted by molar-refractivity contribution is -0.384. The summed E-state index contributed by atoms with van der Waals surface area (Å²) in [6, 6.07) is 12.4. The molecule has 8 heteroatoms. The van der Waals surface area contributed by atoms with Crippen molar-refractivity contribution in [3.05, 3.63) is 70.5 Å². The summed E-state index contributed by atoms with van der Waals surface area (Å²) in [7, 11) is 0. The van der Waals surface area contributed by atoms with Crippen LogP contribution in [0.15, 0.2) is 54.9 Å². The molecule has 132 valence electrons.